The highest BCUT2D eigenvalue weighted by Gasteiger charge is 2.18. The molecule has 3 aromatic rings. The molecule has 0 saturated heterocycles. The first kappa shape index (κ1) is 15.8. The number of hydrogen-bond donors (Lipinski definition) is 1. The van der Waals surface area contributed by atoms with Crippen LogP contribution in [-0.2, 0) is 6.54 Å². The van der Waals surface area contributed by atoms with E-state index in [-0.39, 0.29) is 11.6 Å². The number of aromatic nitrogens is 2. The van der Waals surface area contributed by atoms with Crippen LogP contribution in [0.1, 0.15) is 15.4 Å². The van der Waals surface area contributed by atoms with Crippen LogP contribution in [0.3, 0.4) is 0 Å². The van der Waals surface area contributed by atoms with Gasteiger partial charge >= 0.3 is 0 Å². The molecule has 2 heterocycles. The van der Waals surface area contributed by atoms with E-state index in [0.717, 1.165) is 14.4 Å². The molecule has 0 aliphatic heterocycles. The minimum absolute atomic E-state index is 0.263. The van der Waals surface area contributed by atoms with E-state index in [2.05, 4.69) is 26.3 Å². The Morgan fingerprint density at radius 3 is 2.74 bits per heavy atom. The second-order valence-corrected chi connectivity index (χ2v) is 7.26. The molecule has 23 heavy (non-hydrogen) atoms. The van der Waals surface area contributed by atoms with Gasteiger partial charge in [0.2, 0.25) is 0 Å². The van der Waals surface area contributed by atoms with E-state index in [1.807, 2.05) is 42.5 Å². The molecule has 1 N–H and O–H groups in total. The second-order valence-electron chi connectivity index (χ2n) is 4.71. The quantitative estimate of drug-likeness (QED) is 0.722. The molecule has 118 valence electrons. The number of para-hydroxylation sites is 1. The molecule has 0 unspecified atom stereocenters. The Bertz CT molecular complexity index is 814. The van der Waals surface area contributed by atoms with Crippen molar-refractivity contribution in [1.29, 1.82) is 0 Å². The molecule has 0 saturated carbocycles. The molecule has 0 atom stereocenters. The van der Waals surface area contributed by atoms with Gasteiger partial charge in [-0.3, -0.25) is 4.79 Å². The van der Waals surface area contributed by atoms with Crippen LogP contribution in [0, 0.1) is 0 Å². The van der Waals surface area contributed by atoms with Crippen LogP contribution >= 0.6 is 27.3 Å². The number of carbonyl (C=O) groups is 1. The fourth-order valence-electron chi connectivity index (χ4n) is 2.08. The third kappa shape index (κ3) is 3.62. The molecular weight excluding hydrogens is 378 g/mol. The average molecular weight is 392 g/mol. The summed E-state index contributed by atoms with van der Waals surface area (Å²) >= 11 is 4.99. The summed E-state index contributed by atoms with van der Waals surface area (Å²) < 4.78 is 7.95. The van der Waals surface area contributed by atoms with Gasteiger partial charge in [-0.05, 0) is 40.2 Å². The van der Waals surface area contributed by atoms with Gasteiger partial charge in [-0.25, -0.2) is 4.68 Å². The van der Waals surface area contributed by atoms with E-state index in [0.29, 0.717) is 12.3 Å². The number of carbonyl (C=O) groups excluding carboxylic acids is 1. The molecule has 7 heteroatoms. The Morgan fingerprint density at radius 1 is 1.30 bits per heavy atom. The number of methoxy groups -OCH3 is 1. The van der Waals surface area contributed by atoms with Crippen molar-refractivity contribution in [3.63, 3.8) is 0 Å². The van der Waals surface area contributed by atoms with Crippen LogP contribution in [-0.4, -0.2) is 22.8 Å². The maximum absolute atomic E-state index is 12.4. The Kier molecular flexibility index (Phi) is 4.78. The highest BCUT2D eigenvalue weighted by molar-refractivity contribution is 9.11. The molecule has 5 nitrogen and oxygen atoms in total. The molecule has 1 amide bonds. The highest BCUT2D eigenvalue weighted by atomic mass is 79.9. The third-order valence-electron chi connectivity index (χ3n) is 3.19. The number of thiophene rings is 1. The summed E-state index contributed by atoms with van der Waals surface area (Å²) in [7, 11) is 1.53. The summed E-state index contributed by atoms with van der Waals surface area (Å²) in [5, 5.41) is 7.21. The fourth-order valence-corrected chi connectivity index (χ4v) is 3.50. The lowest BCUT2D eigenvalue weighted by atomic mass is 10.3. The Labute approximate surface area is 146 Å². The normalized spacial score (nSPS) is 10.5. The minimum Gasteiger partial charge on any atom is -0.493 e. The van der Waals surface area contributed by atoms with E-state index >= 15 is 0 Å². The molecule has 0 spiro atoms. The van der Waals surface area contributed by atoms with Crippen LogP contribution in [0.15, 0.2) is 52.4 Å². The van der Waals surface area contributed by atoms with Gasteiger partial charge in [-0.15, -0.1) is 11.3 Å². The first-order valence-corrected chi connectivity index (χ1v) is 8.50. The van der Waals surface area contributed by atoms with Crippen molar-refractivity contribution < 1.29 is 9.53 Å². The van der Waals surface area contributed by atoms with Gasteiger partial charge < -0.3 is 10.1 Å². The van der Waals surface area contributed by atoms with Crippen molar-refractivity contribution in [2.24, 2.45) is 0 Å². The van der Waals surface area contributed by atoms with Crippen molar-refractivity contribution in [2.45, 2.75) is 6.54 Å². The smallest absolute Gasteiger partial charge is 0.275 e. The molecule has 0 fully saturated rings. The topological polar surface area (TPSA) is 56.2 Å². The van der Waals surface area contributed by atoms with E-state index in [9.17, 15) is 4.79 Å². The zero-order valence-corrected chi connectivity index (χ0v) is 14.7. The van der Waals surface area contributed by atoms with Gasteiger partial charge in [0.25, 0.3) is 5.91 Å². The van der Waals surface area contributed by atoms with E-state index < -0.39 is 0 Å². The summed E-state index contributed by atoms with van der Waals surface area (Å²) in [6.45, 7) is 0.455. The van der Waals surface area contributed by atoms with Crippen molar-refractivity contribution in [1.82, 2.24) is 15.1 Å². The maximum atomic E-state index is 12.4. The number of rotatable bonds is 5. The van der Waals surface area contributed by atoms with Crippen LogP contribution in [0.2, 0.25) is 0 Å². The van der Waals surface area contributed by atoms with Crippen LogP contribution < -0.4 is 10.1 Å². The largest absolute Gasteiger partial charge is 0.493 e. The predicted molar refractivity (Wildman–Crippen MR) is 93.3 cm³/mol. The van der Waals surface area contributed by atoms with Crippen LogP contribution in [0.4, 0.5) is 0 Å². The van der Waals surface area contributed by atoms with E-state index in [1.165, 1.54) is 7.11 Å². The molecule has 0 radical (unpaired) electrons. The lowest BCUT2D eigenvalue weighted by Gasteiger charge is -2.02. The van der Waals surface area contributed by atoms with Gasteiger partial charge in [0.1, 0.15) is 0 Å². The molecular formula is C16H14BrN3O2S. The number of halogens is 1. The van der Waals surface area contributed by atoms with Crippen molar-refractivity contribution in [3.05, 3.63) is 63.0 Å². The van der Waals surface area contributed by atoms with Crippen LogP contribution in [0.25, 0.3) is 5.69 Å². The Morgan fingerprint density at radius 2 is 2.09 bits per heavy atom. The average Bonchev–Trinajstić information content (AvgIpc) is 3.19. The monoisotopic (exact) mass is 391 g/mol. The van der Waals surface area contributed by atoms with Gasteiger partial charge in [0.05, 0.1) is 29.3 Å². The molecule has 0 aliphatic carbocycles. The van der Waals surface area contributed by atoms with Crippen molar-refractivity contribution in [3.8, 4) is 11.4 Å². The molecule has 1 aromatic carbocycles. The molecule has 2 aromatic heterocycles. The number of nitrogens with one attached hydrogen (secondary N) is 1. The minimum atomic E-state index is -0.263. The predicted octanol–water partition coefficient (Wildman–Crippen LogP) is 3.63. The van der Waals surface area contributed by atoms with Gasteiger partial charge in [-0.2, -0.15) is 5.10 Å². The summed E-state index contributed by atoms with van der Waals surface area (Å²) in [5.74, 6) is 0.180. The molecule has 3 rings (SSSR count). The highest BCUT2D eigenvalue weighted by Crippen LogP contribution is 2.23. The number of amides is 1. The Balaban J connectivity index is 1.78. The summed E-state index contributed by atoms with van der Waals surface area (Å²) in [5.41, 5.74) is 1.14. The lowest BCUT2D eigenvalue weighted by Crippen LogP contribution is -2.23. The molecule has 0 bridgehead atoms. The zero-order valence-electron chi connectivity index (χ0n) is 12.3. The number of ether oxygens (including phenoxy) is 1. The number of hydrogen-bond acceptors (Lipinski definition) is 4. The van der Waals surface area contributed by atoms with Crippen molar-refractivity contribution >= 4 is 33.2 Å². The maximum Gasteiger partial charge on any atom is 0.275 e. The molecule has 0 aliphatic rings. The Hall–Kier alpha value is -2.12. The first-order chi connectivity index (χ1) is 11.2. The lowest BCUT2D eigenvalue weighted by molar-refractivity contribution is 0.0943. The summed E-state index contributed by atoms with van der Waals surface area (Å²) in [4.78, 5) is 13.4. The van der Waals surface area contributed by atoms with Crippen LogP contribution in [0.5, 0.6) is 5.75 Å². The number of benzene rings is 1. The standard InChI is InChI=1S/C16H14BrN3O2S/c1-22-13-10-20(11-5-3-2-4-6-11)19-15(13)16(21)18-9-12-7-8-14(17)23-12/h2-8,10H,9H2,1H3,(H,18,21). The fraction of sp³-hybridized carbons (Fsp3) is 0.125. The van der Waals surface area contributed by atoms with E-state index in [1.54, 1.807) is 22.2 Å². The summed E-state index contributed by atoms with van der Waals surface area (Å²) in [6, 6.07) is 13.5. The summed E-state index contributed by atoms with van der Waals surface area (Å²) in [6.07, 6.45) is 1.70. The van der Waals surface area contributed by atoms with Gasteiger partial charge in [0.15, 0.2) is 11.4 Å². The third-order valence-corrected chi connectivity index (χ3v) is 4.81. The van der Waals surface area contributed by atoms with E-state index in [4.69, 9.17) is 4.74 Å². The second kappa shape index (κ2) is 6.97. The van der Waals surface area contributed by atoms with Crippen molar-refractivity contribution in [2.75, 3.05) is 7.11 Å². The van der Waals surface area contributed by atoms with Gasteiger partial charge in [0, 0.05) is 4.88 Å². The first-order valence-electron chi connectivity index (χ1n) is 6.89. The zero-order chi connectivity index (χ0) is 16.2. The SMILES string of the molecule is COc1cn(-c2ccccc2)nc1C(=O)NCc1ccc(Br)s1. The number of nitrogens with zero attached hydrogens (tertiary/aromatic N) is 2. The van der Waals surface area contributed by atoms with Gasteiger partial charge in [-0.1, -0.05) is 18.2 Å².